The zero-order valence-corrected chi connectivity index (χ0v) is 19.1. The number of nitrogens with two attached hydrogens (primary N) is 1. The van der Waals surface area contributed by atoms with Crippen LogP contribution in [-0.4, -0.2) is 18.6 Å². The lowest BCUT2D eigenvalue weighted by molar-refractivity contribution is -0.115. The minimum atomic E-state index is 0.100. The molecule has 0 aliphatic heterocycles. The van der Waals surface area contributed by atoms with Crippen molar-refractivity contribution in [3.63, 3.8) is 0 Å². The van der Waals surface area contributed by atoms with Crippen molar-refractivity contribution in [2.45, 2.75) is 61.3 Å². The number of rotatable bonds is 7. The molecule has 0 aliphatic carbocycles. The number of Topliss-reactive ketones (excluding diaryl/α,β-unsaturated/α-hetero) is 2. The molecule has 158 valence electrons. The van der Waals surface area contributed by atoms with E-state index in [0.29, 0.717) is 24.1 Å². The summed E-state index contributed by atoms with van der Waals surface area (Å²) >= 11 is 0. The summed E-state index contributed by atoms with van der Waals surface area (Å²) < 4.78 is 0. The Hall–Kier alpha value is -2.62. The van der Waals surface area contributed by atoms with Crippen molar-refractivity contribution in [2.24, 2.45) is 0 Å². The van der Waals surface area contributed by atoms with Crippen molar-refractivity contribution < 1.29 is 9.59 Å². The lowest BCUT2D eigenvalue weighted by atomic mass is 10.1. The molecule has 3 N–H and O–H groups in total. The maximum atomic E-state index is 11.4. The van der Waals surface area contributed by atoms with E-state index in [4.69, 9.17) is 5.73 Å². The van der Waals surface area contributed by atoms with E-state index in [-0.39, 0.29) is 11.6 Å². The molecule has 0 atom stereocenters. The Morgan fingerprint density at radius 3 is 1.96 bits per heavy atom. The van der Waals surface area contributed by atoms with Gasteiger partial charge in [-0.3, -0.25) is 9.59 Å². The van der Waals surface area contributed by atoms with Crippen molar-refractivity contribution in [3.8, 4) is 0 Å². The third-order valence-electron chi connectivity index (χ3n) is 3.34. The molecule has 0 aliphatic rings. The number of para-hydroxylation sites is 1. The van der Waals surface area contributed by atoms with Gasteiger partial charge in [0.1, 0.15) is 0 Å². The molecule has 0 unspecified atom stereocenters. The second-order valence-corrected chi connectivity index (χ2v) is 4.91. The van der Waals surface area contributed by atoms with E-state index in [1.54, 1.807) is 31.3 Å². The van der Waals surface area contributed by atoms with Crippen molar-refractivity contribution >= 4 is 17.3 Å². The number of ketones is 2. The minimum absolute atomic E-state index is 0.100. The van der Waals surface area contributed by atoms with Gasteiger partial charge in [-0.25, -0.2) is 0 Å². The van der Waals surface area contributed by atoms with Gasteiger partial charge in [0.05, 0.1) is 0 Å². The summed E-state index contributed by atoms with van der Waals surface area (Å²) in [5.41, 5.74) is 8.33. The Balaban J connectivity index is -0.000000381. The molecule has 0 saturated carbocycles. The lowest BCUT2D eigenvalue weighted by Crippen LogP contribution is -2.14. The smallest absolute Gasteiger partial charge is 0.164 e. The molecule has 1 rings (SSSR count). The molecule has 0 spiro atoms. The van der Waals surface area contributed by atoms with Gasteiger partial charge in [0.15, 0.2) is 11.6 Å². The van der Waals surface area contributed by atoms with Crippen LogP contribution in [0.3, 0.4) is 0 Å². The third-order valence-corrected chi connectivity index (χ3v) is 3.34. The summed E-state index contributed by atoms with van der Waals surface area (Å²) in [5, 5.41) is 2.97. The van der Waals surface area contributed by atoms with E-state index in [1.807, 2.05) is 66.7 Å². The first-order chi connectivity index (χ1) is 13.5. The molecule has 4 heteroatoms. The second kappa shape index (κ2) is 20.7. The SMILES string of the molecule is C=C/C=C(NC)\C(=C/C)C(=O)CC.CC.CC.CCC(=O)c1ccccc1N. The van der Waals surface area contributed by atoms with Crippen molar-refractivity contribution in [1.29, 1.82) is 0 Å². The first-order valence-electron chi connectivity index (χ1n) is 10.0. The van der Waals surface area contributed by atoms with Gasteiger partial charge in [0.2, 0.25) is 0 Å². The molecule has 0 radical (unpaired) electrons. The fourth-order valence-corrected chi connectivity index (χ4v) is 2.02. The number of nitrogens with one attached hydrogen (secondary N) is 1. The molecule has 1 aromatic carbocycles. The van der Waals surface area contributed by atoms with Gasteiger partial charge in [0, 0.05) is 42.4 Å². The maximum Gasteiger partial charge on any atom is 0.164 e. The highest BCUT2D eigenvalue weighted by atomic mass is 16.1. The summed E-state index contributed by atoms with van der Waals surface area (Å²) in [6.45, 7) is 17.1. The Labute approximate surface area is 172 Å². The summed E-state index contributed by atoms with van der Waals surface area (Å²) in [5.74, 6) is 0.244. The van der Waals surface area contributed by atoms with Gasteiger partial charge < -0.3 is 11.1 Å². The molecule has 28 heavy (non-hydrogen) atoms. The third kappa shape index (κ3) is 11.9. The average Bonchev–Trinajstić information content (AvgIpc) is 2.76. The van der Waals surface area contributed by atoms with Gasteiger partial charge in [-0.1, -0.05) is 72.4 Å². The standard InChI is InChI=1S/C11H17NO.C9H11NO.2C2H6/c1-5-8-10(12-4)9(6-2)11(13)7-3;1-2-9(11)7-5-3-4-6-8(7)10;2*1-2/h5-6,8,12H,1,7H2,2-4H3;3-6H,2,10H2,1H3;2*1-2H3/b9-6+,10-8+;;;. The van der Waals surface area contributed by atoms with Crippen LogP contribution in [0.15, 0.2) is 60.3 Å². The molecular weight excluding hydrogens is 348 g/mol. The van der Waals surface area contributed by atoms with Crippen LogP contribution in [0.2, 0.25) is 0 Å². The molecule has 0 fully saturated rings. The van der Waals surface area contributed by atoms with Crippen LogP contribution in [0, 0.1) is 0 Å². The van der Waals surface area contributed by atoms with Crippen LogP contribution in [0.1, 0.15) is 71.7 Å². The van der Waals surface area contributed by atoms with Gasteiger partial charge in [-0.05, 0) is 25.1 Å². The van der Waals surface area contributed by atoms with E-state index < -0.39 is 0 Å². The molecule has 0 heterocycles. The molecule has 1 aromatic rings. The van der Waals surface area contributed by atoms with E-state index in [2.05, 4.69) is 11.9 Å². The monoisotopic (exact) mass is 388 g/mol. The number of carbonyl (C=O) groups excluding carboxylic acids is 2. The summed E-state index contributed by atoms with van der Waals surface area (Å²) in [7, 11) is 1.79. The quantitative estimate of drug-likeness (QED) is 0.256. The van der Waals surface area contributed by atoms with Crippen LogP contribution < -0.4 is 11.1 Å². The molecular formula is C24H40N2O2. The number of likely N-dealkylation sites (N-methyl/N-ethyl adjacent to an activating group) is 1. The first-order valence-corrected chi connectivity index (χ1v) is 10.0. The predicted octanol–water partition coefficient (Wildman–Crippen LogP) is 6.12. The highest BCUT2D eigenvalue weighted by Crippen LogP contribution is 2.12. The Kier molecular flexibility index (Phi) is 22.3. The fraction of sp³-hybridized carbons (Fsp3) is 0.417. The summed E-state index contributed by atoms with van der Waals surface area (Å²) in [4.78, 5) is 22.6. The zero-order chi connectivity index (χ0) is 22.5. The molecule has 0 saturated heterocycles. The molecule has 4 nitrogen and oxygen atoms in total. The van der Waals surface area contributed by atoms with Crippen LogP contribution in [0.25, 0.3) is 0 Å². The zero-order valence-electron chi connectivity index (χ0n) is 19.1. The summed E-state index contributed by atoms with van der Waals surface area (Å²) in [6.07, 6.45) is 6.31. The fourth-order valence-electron chi connectivity index (χ4n) is 2.02. The van der Waals surface area contributed by atoms with Gasteiger partial charge in [-0.15, -0.1) is 0 Å². The Morgan fingerprint density at radius 2 is 1.61 bits per heavy atom. The van der Waals surface area contributed by atoms with Crippen LogP contribution in [-0.2, 0) is 4.79 Å². The largest absolute Gasteiger partial charge is 0.398 e. The second-order valence-electron chi connectivity index (χ2n) is 4.91. The van der Waals surface area contributed by atoms with Gasteiger partial charge in [0.25, 0.3) is 0 Å². The Bertz CT molecular complexity index is 629. The van der Waals surface area contributed by atoms with E-state index in [0.717, 1.165) is 11.3 Å². The number of anilines is 1. The van der Waals surface area contributed by atoms with E-state index >= 15 is 0 Å². The lowest BCUT2D eigenvalue weighted by Gasteiger charge is -2.08. The first kappa shape index (κ1) is 30.1. The minimum Gasteiger partial charge on any atom is -0.398 e. The predicted molar refractivity (Wildman–Crippen MR) is 125 cm³/mol. The number of nitrogen functional groups attached to an aromatic ring is 1. The van der Waals surface area contributed by atoms with Crippen molar-refractivity contribution in [2.75, 3.05) is 12.8 Å². The highest BCUT2D eigenvalue weighted by molar-refractivity contribution is 6.00. The van der Waals surface area contributed by atoms with Crippen LogP contribution in [0.5, 0.6) is 0 Å². The normalized spacial score (nSPS) is 10.0. The topological polar surface area (TPSA) is 72.2 Å². The average molecular weight is 389 g/mol. The van der Waals surface area contributed by atoms with E-state index in [9.17, 15) is 9.59 Å². The van der Waals surface area contributed by atoms with Gasteiger partial charge >= 0.3 is 0 Å². The highest BCUT2D eigenvalue weighted by Gasteiger charge is 2.09. The number of allylic oxidation sites excluding steroid dienone is 4. The molecule has 0 bridgehead atoms. The Morgan fingerprint density at radius 1 is 1.07 bits per heavy atom. The van der Waals surface area contributed by atoms with Crippen molar-refractivity contribution in [1.82, 2.24) is 5.32 Å². The summed E-state index contributed by atoms with van der Waals surface area (Å²) in [6, 6.07) is 7.13. The number of benzene rings is 1. The molecule has 0 amide bonds. The van der Waals surface area contributed by atoms with Crippen LogP contribution >= 0.6 is 0 Å². The number of carbonyl (C=O) groups is 2. The molecule has 0 aromatic heterocycles. The van der Waals surface area contributed by atoms with Crippen LogP contribution in [0.4, 0.5) is 5.69 Å². The number of hydrogen-bond donors (Lipinski definition) is 2. The van der Waals surface area contributed by atoms with E-state index in [1.165, 1.54) is 0 Å². The maximum absolute atomic E-state index is 11.4. The number of hydrogen-bond acceptors (Lipinski definition) is 4. The van der Waals surface area contributed by atoms with Crippen molar-refractivity contribution in [3.05, 3.63) is 65.9 Å². The van der Waals surface area contributed by atoms with Gasteiger partial charge in [-0.2, -0.15) is 0 Å².